The van der Waals surface area contributed by atoms with Crippen LogP contribution in [0.25, 0.3) is 11.0 Å². The average molecular weight is 404 g/mol. The van der Waals surface area contributed by atoms with E-state index in [4.69, 9.17) is 0 Å². The van der Waals surface area contributed by atoms with Gasteiger partial charge in [-0.3, -0.25) is 0 Å². The van der Waals surface area contributed by atoms with Crippen LogP contribution in [-0.4, -0.2) is 38.8 Å². The largest absolute Gasteiger partial charge is 0.618 e. The maximum atomic E-state index is 14.5. The van der Waals surface area contributed by atoms with Crippen LogP contribution in [0.1, 0.15) is 23.1 Å². The van der Waals surface area contributed by atoms with E-state index in [9.17, 15) is 32.8 Å². The lowest BCUT2D eigenvalue weighted by atomic mass is 10.2. The molecule has 0 saturated carbocycles. The van der Waals surface area contributed by atoms with Crippen molar-refractivity contribution in [2.24, 2.45) is 0 Å². The molecule has 3 rings (SSSR count). The summed E-state index contributed by atoms with van der Waals surface area (Å²) in [5, 5.41) is 28.0. The van der Waals surface area contributed by atoms with Gasteiger partial charge in [0, 0.05) is 32.2 Å². The normalized spacial score (nSPS) is 15.1. The quantitative estimate of drug-likeness (QED) is 0.353. The maximum absolute atomic E-state index is 14.5. The van der Waals surface area contributed by atoms with Gasteiger partial charge in [0.2, 0.25) is 0 Å². The van der Waals surface area contributed by atoms with Gasteiger partial charge in [-0.1, -0.05) is 0 Å². The van der Waals surface area contributed by atoms with Gasteiger partial charge in [0.25, 0.3) is 11.0 Å². The SMILES string of the molecule is CCOC(=O)c1c(C(F)(F)F)[n+]([O-])c2cc(F)c(N3CCNCC3)cc2[n+]1[O-]. The summed E-state index contributed by atoms with van der Waals surface area (Å²) in [6.45, 7) is 2.90. The zero-order valence-electron chi connectivity index (χ0n) is 14.7. The Morgan fingerprint density at radius 1 is 1.21 bits per heavy atom. The van der Waals surface area contributed by atoms with Crippen molar-refractivity contribution in [3.05, 3.63) is 39.8 Å². The summed E-state index contributed by atoms with van der Waals surface area (Å²) in [6, 6.07) is 1.54. The van der Waals surface area contributed by atoms with Crippen LogP contribution >= 0.6 is 0 Å². The Hall–Kier alpha value is -2.89. The molecule has 152 valence electrons. The predicted molar refractivity (Wildman–Crippen MR) is 87.9 cm³/mol. The first kappa shape index (κ1) is 19.9. The second-order valence-electron chi connectivity index (χ2n) is 6.03. The minimum Gasteiger partial charge on any atom is -0.618 e. The molecule has 0 radical (unpaired) electrons. The van der Waals surface area contributed by atoms with Crippen molar-refractivity contribution in [2.45, 2.75) is 13.1 Å². The molecule has 1 aliphatic rings. The topological polar surface area (TPSA) is 95.4 Å². The van der Waals surface area contributed by atoms with Crippen LogP contribution in [-0.2, 0) is 10.9 Å². The summed E-state index contributed by atoms with van der Waals surface area (Å²) in [5.74, 6) is -2.54. The number of alkyl halides is 3. The van der Waals surface area contributed by atoms with Gasteiger partial charge in [-0.05, 0) is 6.92 Å². The fourth-order valence-electron chi connectivity index (χ4n) is 3.08. The molecule has 12 heteroatoms. The van der Waals surface area contributed by atoms with E-state index in [0.717, 1.165) is 6.07 Å². The number of esters is 1. The van der Waals surface area contributed by atoms with E-state index in [2.05, 4.69) is 10.1 Å². The second kappa shape index (κ2) is 7.26. The highest BCUT2D eigenvalue weighted by molar-refractivity contribution is 5.88. The fraction of sp³-hybridized carbons (Fsp3) is 0.438. The molecular formula is C16H16F4N4O4. The van der Waals surface area contributed by atoms with E-state index in [0.29, 0.717) is 32.2 Å². The molecule has 0 bridgehead atoms. The number of anilines is 1. The number of carbonyl (C=O) groups is 1. The second-order valence-corrected chi connectivity index (χ2v) is 6.03. The van der Waals surface area contributed by atoms with E-state index in [1.807, 2.05) is 0 Å². The maximum Gasteiger partial charge on any atom is 0.486 e. The summed E-state index contributed by atoms with van der Waals surface area (Å²) in [6.07, 6.45) is -5.34. The van der Waals surface area contributed by atoms with Crippen molar-refractivity contribution in [3.63, 3.8) is 0 Å². The Balaban J connectivity index is 2.32. The number of hydrogen-bond acceptors (Lipinski definition) is 6. The number of rotatable bonds is 3. The third-order valence-electron chi connectivity index (χ3n) is 4.31. The third-order valence-corrected chi connectivity index (χ3v) is 4.31. The first-order valence-electron chi connectivity index (χ1n) is 8.39. The number of nitrogens with one attached hydrogen (secondary N) is 1. The molecule has 0 aliphatic carbocycles. The zero-order chi connectivity index (χ0) is 20.6. The number of fused-ring (bicyclic) bond motifs is 1. The minimum absolute atomic E-state index is 0.0480. The molecule has 2 heterocycles. The molecular weight excluding hydrogens is 388 g/mol. The molecule has 1 aromatic carbocycles. The number of carbonyl (C=O) groups excluding carboxylic acids is 1. The van der Waals surface area contributed by atoms with Crippen molar-refractivity contribution < 1.29 is 36.6 Å². The smallest absolute Gasteiger partial charge is 0.486 e. The number of ether oxygens (including phenoxy) is 1. The Bertz CT molecular complexity index is 929. The van der Waals surface area contributed by atoms with Crippen molar-refractivity contribution in [2.75, 3.05) is 37.7 Å². The van der Waals surface area contributed by atoms with Gasteiger partial charge in [0.15, 0.2) is 5.82 Å². The molecule has 2 aromatic rings. The van der Waals surface area contributed by atoms with Crippen molar-refractivity contribution in [1.29, 1.82) is 0 Å². The number of nitrogens with zero attached hydrogens (tertiary/aromatic N) is 3. The molecule has 1 aromatic heterocycles. The molecule has 1 saturated heterocycles. The lowest BCUT2D eigenvalue weighted by Gasteiger charge is -2.29. The zero-order valence-corrected chi connectivity index (χ0v) is 14.7. The predicted octanol–water partition coefficient (Wildman–Crippen LogP) is 0.851. The fourth-order valence-corrected chi connectivity index (χ4v) is 3.08. The lowest BCUT2D eigenvalue weighted by Crippen LogP contribution is -2.50. The highest BCUT2D eigenvalue weighted by atomic mass is 19.4. The number of piperazine rings is 1. The van der Waals surface area contributed by atoms with Crippen LogP contribution in [0.5, 0.6) is 0 Å². The number of benzene rings is 1. The molecule has 0 spiro atoms. The Kier molecular flexibility index (Phi) is 5.15. The van der Waals surface area contributed by atoms with Crippen molar-refractivity contribution in [3.8, 4) is 0 Å². The summed E-state index contributed by atoms with van der Waals surface area (Å²) >= 11 is 0. The van der Waals surface area contributed by atoms with Crippen LogP contribution < -0.4 is 19.7 Å². The lowest BCUT2D eigenvalue weighted by molar-refractivity contribution is -0.647. The summed E-state index contributed by atoms with van der Waals surface area (Å²) < 4.78 is 58.3. The van der Waals surface area contributed by atoms with Gasteiger partial charge in [-0.15, -0.1) is 9.46 Å². The van der Waals surface area contributed by atoms with Gasteiger partial charge in [0.1, 0.15) is 0 Å². The molecule has 0 amide bonds. The van der Waals surface area contributed by atoms with Crippen molar-refractivity contribution >= 4 is 22.7 Å². The molecule has 1 fully saturated rings. The molecule has 0 unspecified atom stereocenters. The number of hydrogen-bond donors (Lipinski definition) is 1. The van der Waals surface area contributed by atoms with E-state index < -0.39 is 45.1 Å². The molecule has 8 nitrogen and oxygen atoms in total. The van der Waals surface area contributed by atoms with Crippen molar-refractivity contribution in [1.82, 2.24) is 5.32 Å². The van der Waals surface area contributed by atoms with Crippen LogP contribution in [0.4, 0.5) is 23.2 Å². The van der Waals surface area contributed by atoms with Crippen LogP contribution in [0, 0.1) is 16.2 Å². The summed E-state index contributed by atoms with van der Waals surface area (Å²) in [4.78, 5) is 13.6. The third kappa shape index (κ3) is 3.35. The standard InChI is InChI=1S/C16H16F4N4O4/c1-2-28-15(25)13-14(16(18,19)20)24(27)11-7-9(17)10(8-12(11)23(13)26)22-5-3-21-4-6-22/h7-8,21H,2-6H2,1H3. The summed E-state index contributed by atoms with van der Waals surface area (Å²) in [7, 11) is 0. The van der Waals surface area contributed by atoms with Gasteiger partial charge in [0.05, 0.1) is 18.4 Å². The number of aromatic nitrogens is 2. The first-order valence-corrected chi connectivity index (χ1v) is 8.39. The summed E-state index contributed by atoms with van der Waals surface area (Å²) in [5.41, 5.74) is -5.00. The van der Waals surface area contributed by atoms with Crippen LogP contribution in [0.3, 0.4) is 0 Å². The molecule has 1 aliphatic heterocycles. The first-order chi connectivity index (χ1) is 13.2. The molecule has 0 atom stereocenters. The van der Waals surface area contributed by atoms with E-state index >= 15 is 0 Å². The Morgan fingerprint density at radius 2 is 1.82 bits per heavy atom. The minimum atomic E-state index is -5.34. The van der Waals surface area contributed by atoms with Gasteiger partial charge in [-0.25, -0.2) is 9.18 Å². The average Bonchev–Trinajstić information content (AvgIpc) is 2.64. The highest BCUT2D eigenvalue weighted by Gasteiger charge is 2.52. The van der Waals surface area contributed by atoms with E-state index in [1.54, 1.807) is 4.90 Å². The molecule has 1 N–H and O–H groups in total. The van der Waals surface area contributed by atoms with Crippen LogP contribution in [0.2, 0.25) is 0 Å². The van der Waals surface area contributed by atoms with Gasteiger partial charge >= 0.3 is 23.5 Å². The van der Waals surface area contributed by atoms with Gasteiger partial charge < -0.3 is 25.4 Å². The molecule has 28 heavy (non-hydrogen) atoms. The Morgan fingerprint density at radius 3 is 2.39 bits per heavy atom. The van der Waals surface area contributed by atoms with Crippen LogP contribution in [0.15, 0.2) is 12.1 Å². The number of halogens is 4. The van der Waals surface area contributed by atoms with E-state index in [1.165, 1.54) is 6.92 Å². The van der Waals surface area contributed by atoms with E-state index in [-0.39, 0.29) is 17.0 Å². The highest BCUT2D eigenvalue weighted by Crippen LogP contribution is 2.31. The Labute approximate surface area is 156 Å². The monoisotopic (exact) mass is 404 g/mol. The van der Waals surface area contributed by atoms with Gasteiger partial charge in [-0.2, -0.15) is 13.2 Å².